The molecule has 342 valence electrons. The summed E-state index contributed by atoms with van der Waals surface area (Å²) in [4.78, 5) is 51.1. The van der Waals surface area contributed by atoms with Crippen molar-refractivity contribution in [2.45, 2.75) is 68.9 Å². The number of phenolic OH excluding ortho intramolecular Hbond substituents is 1. The predicted molar refractivity (Wildman–Crippen MR) is 242 cm³/mol. The fraction of sp³-hybridized carbons (Fsp3) is 0.468. The minimum absolute atomic E-state index is 0.00320. The van der Waals surface area contributed by atoms with E-state index < -0.39 is 17.6 Å². The van der Waals surface area contributed by atoms with Crippen LogP contribution >= 0.6 is 0 Å². The molecule has 4 N–H and O–H groups in total. The fourth-order valence-electron chi connectivity index (χ4n) is 10.4. The lowest BCUT2D eigenvalue weighted by Crippen LogP contribution is -2.54. The molecule has 3 aromatic carbocycles. The average molecular weight is 891 g/mol. The molecule has 65 heavy (non-hydrogen) atoms. The molecule has 7 aliphatic rings. The molecule has 6 saturated heterocycles. The number of amides is 4. The summed E-state index contributed by atoms with van der Waals surface area (Å²) < 4.78 is 33.2. The van der Waals surface area contributed by atoms with Gasteiger partial charge in [0.25, 0.3) is 0 Å². The molecule has 0 radical (unpaired) electrons. The van der Waals surface area contributed by atoms with Gasteiger partial charge in [-0.2, -0.15) is 0 Å². The second kappa shape index (κ2) is 17.8. The minimum atomic E-state index is -0.734. The van der Waals surface area contributed by atoms with E-state index in [-0.39, 0.29) is 53.5 Å². The molecule has 3 atom stereocenters. The zero-order valence-corrected chi connectivity index (χ0v) is 36.5. The molecule has 4 amide bonds. The van der Waals surface area contributed by atoms with Gasteiger partial charge in [-0.1, -0.05) is 18.2 Å². The van der Waals surface area contributed by atoms with Crippen LogP contribution in [0.5, 0.6) is 17.2 Å². The lowest BCUT2D eigenvalue weighted by Gasteiger charge is -2.42. The van der Waals surface area contributed by atoms with Crippen LogP contribution in [0.15, 0.2) is 66.7 Å². The number of carbonyl (C=O) groups excluding carboxylic acids is 3. The number of imide groups is 1. The van der Waals surface area contributed by atoms with Gasteiger partial charge in [0.2, 0.25) is 11.8 Å². The van der Waals surface area contributed by atoms with Gasteiger partial charge in [-0.05, 0) is 61.7 Å². The van der Waals surface area contributed by atoms with Gasteiger partial charge in [-0.3, -0.25) is 14.9 Å². The molecule has 6 fully saturated rings. The zero-order valence-electron chi connectivity index (χ0n) is 36.5. The average Bonchev–Trinajstić information content (AvgIpc) is 3.65. The smallest absolute Gasteiger partial charge is 0.319 e. The molecule has 4 aromatic rings. The Bertz CT molecular complexity index is 2450. The lowest BCUT2D eigenvalue weighted by molar-refractivity contribution is -0.134. The van der Waals surface area contributed by atoms with Gasteiger partial charge < -0.3 is 54.5 Å². The number of rotatable bonds is 8. The summed E-state index contributed by atoms with van der Waals surface area (Å²) in [6, 6.07) is 20.0. The lowest BCUT2D eigenvalue weighted by atomic mass is 10.0. The summed E-state index contributed by atoms with van der Waals surface area (Å²) in [6.07, 6.45) is 3.76. The Kier molecular flexibility index (Phi) is 11.6. The van der Waals surface area contributed by atoms with Crippen LogP contribution in [-0.2, 0) is 14.3 Å². The number of urea groups is 1. The highest BCUT2D eigenvalue weighted by Gasteiger charge is 2.39. The number of phenols is 1. The maximum Gasteiger partial charge on any atom is 0.319 e. The summed E-state index contributed by atoms with van der Waals surface area (Å²) in [5.41, 5.74) is 10.5. The number of hydrogen-bond acceptors (Lipinski definition) is 14. The van der Waals surface area contributed by atoms with Gasteiger partial charge in [-0.25, -0.2) is 9.18 Å². The number of nitrogen functional groups attached to an aromatic ring is 1. The number of aromatic hydroxyl groups is 1. The standard InChI is InChI=1S/C47H55FN10O7/c1-53(29-13-17-54(18-14-29)38-9-4-10-39-44(38)63-22-21-57(39)40-11-12-42(59)50-46(40)61)47(62)55-19-15-32(16-20-55)65-33-6-2-5-30(23-33)58-27-34-26-56(25-31(58)28-64-34)41-24-37(51-52-45(41)49)35-7-3-8-36(48)43(35)60/h2-10,23-24,29,31-32,34,40,60H,11-22,25-28H2,1H3,(H2,49,52)(H,50,59,61)/t31-,34?,40+/m1/s1. The number of nitrogens with zero attached hydrogens (tertiary/aromatic N) is 8. The number of halogens is 1. The third kappa shape index (κ3) is 8.46. The molecular weight excluding hydrogens is 836 g/mol. The summed E-state index contributed by atoms with van der Waals surface area (Å²) in [7, 11) is 1.92. The highest BCUT2D eigenvalue weighted by atomic mass is 19.1. The number of nitrogens with two attached hydrogens (primary N) is 1. The molecule has 18 heteroatoms. The molecule has 1 aromatic heterocycles. The third-order valence-electron chi connectivity index (χ3n) is 13.9. The molecule has 1 unspecified atom stereocenters. The molecule has 0 spiro atoms. The van der Waals surface area contributed by atoms with Crippen LogP contribution in [0.25, 0.3) is 11.3 Å². The second-order valence-corrected chi connectivity index (χ2v) is 17.9. The van der Waals surface area contributed by atoms with Gasteiger partial charge in [0, 0.05) is 95.5 Å². The predicted octanol–water partition coefficient (Wildman–Crippen LogP) is 4.23. The Balaban J connectivity index is 0.722. The van der Waals surface area contributed by atoms with E-state index in [1.165, 1.54) is 12.1 Å². The maximum atomic E-state index is 14.2. The number of morpholine rings is 1. The number of aromatic nitrogens is 2. The van der Waals surface area contributed by atoms with E-state index in [2.05, 4.69) is 53.3 Å². The van der Waals surface area contributed by atoms with Gasteiger partial charge in [-0.15, -0.1) is 10.2 Å². The van der Waals surface area contributed by atoms with Crippen molar-refractivity contribution in [2.75, 3.05) is 98.0 Å². The Morgan fingerprint density at radius 3 is 2.48 bits per heavy atom. The Hall–Kier alpha value is -6.56. The van der Waals surface area contributed by atoms with Crippen LogP contribution in [0.2, 0.25) is 0 Å². The molecule has 2 bridgehead atoms. The molecule has 0 saturated carbocycles. The highest BCUT2D eigenvalue weighted by molar-refractivity contribution is 6.02. The number of benzene rings is 3. The molecule has 11 rings (SSSR count). The third-order valence-corrected chi connectivity index (χ3v) is 13.9. The van der Waals surface area contributed by atoms with Crippen molar-refractivity contribution >= 4 is 46.4 Å². The van der Waals surface area contributed by atoms with Crippen molar-refractivity contribution in [2.24, 2.45) is 0 Å². The van der Waals surface area contributed by atoms with Crippen LogP contribution in [-0.4, -0.2) is 146 Å². The summed E-state index contributed by atoms with van der Waals surface area (Å²) in [5, 5.41) is 21.2. The largest absolute Gasteiger partial charge is 0.504 e. The number of fused-ring (bicyclic) bond motifs is 5. The number of anilines is 5. The normalized spacial score (nSPS) is 22.9. The van der Waals surface area contributed by atoms with E-state index in [0.717, 1.165) is 67.3 Å². The molecular formula is C47H55FN10O7. The number of nitrogens with one attached hydrogen (secondary N) is 1. The monoisotopic (exact) mass is 890 g/mol. The van der Waals surface area contributed by atoms with Gasteiger partial charge in [0.1, 0.15) is 24.5 Å². The number of carbonyl (C=O) groups is 3. The second-order valence-electron chi connectivity index (χ2n) is 17.9. The Labute approximate surface area is 376 Å². The van der Waals surface area contributed by atoms with E-state index in [4.69, 9.17) is 19.9 Å². The first-order valence-corrected chi connectivity index (χ1v) is 22.7. The molecule has 0 aliphatic carbocycles. The maximum absolute atomic E-state index is 14.2. The Morgan fingerprint density at radius 2 is 1.66 bits per heavy atom. The van der Waals surface area contributed by atoms with Gasteiger partial charge in [0.05, 0.1) is 48.1 Å². The van der Waals surface area contributed by atoms with E-state index in [1.54, 1.807) is 12.1 Å². The SMILES string of the molecule is CN(C(=O)N1CCC(Oc2cccc(N3CC4CN(c5cc(-c6cccc(F)c6O)nnc5N)C[C@@H]3CO4)c2)CC1)C1CCN(c2cccc3c2OCCN3[C@H]2CCC(=O)NC2=O)CC1. The first kappa shape index (κ1) is 42.4. The van der Waals surface area contributed by atoms with Crippen LogP contribution in [0.3, 0.4) is 0 Å². The first-order valence-electron chi connectivity index (χ1n) is 22.7. The van der Waals surface area contributed by atoms with Crippen molar-refractivity contribution < 1.29 is 38.1 Å². The van der Waals surface area contributed by atoms with Crippen LogP contribution in [0.1, 0.15) is 38.5 Å². The van der Waals surface area contributed by atoms with E-state index >= 15 is 0 Å². The van der Waals surface area contributed by atoms with Crippen molar-refractivity contribution in [3.05, 3.63) is 72.5 Å². The van der Waals surface area contributed by atoms with Crippen molar-refractivity contribution in [3.8, 4) is 28.5 Å². The first-order chi connectivity index (χ1) is 31.6. The number of hydrogen-bond donors (Lipinski definition) is 3. The summed E-state index contributed by atoms with van der Waals surface area (Å²) in [6.45, 7) is 6.15. The number of piperidine rings is 3. The topological polar surface area (TPSA) is 182 Å². The number of para-hydroxylation sites is 2. The van der Waals surface area contributed by atoms with E-state index in [9.17, 15) is 23.9 Å². The van der Waals surface area contributed by atoms with Gasteiger partial charge in [0.15, 0.2) is 23.1 Å². The zero-order chi connectivity index (χ0) is 44.8. The quantitative estimate of drug-likeness (QED) is 0.214. The number of likely N-dealkylation sites (tertiary alicyclic amines) is 1. The van der Waals surface area contributed by atoms with Crippen LogP contribution in [0, 0.1) is 5.82 Å². The van der Waals surface area contributed by atoms with E-state index in [1.807, 2.05) is 41.1 Å². The van der Waals surface area contributed by atoms with Crippen molar-refractivity contribution in [1.29, 1.82) is 0 Å². The van der Waals surface area contributed by atoms with Crippen LogP contribution in [0.4, 0.5) is 37.8 Å². The number of ether oxygens (including phenoxy) is 3. The van der Waals surface area contributed by atoms with Crippen LogP contribution < -0.4 is 40.1 Å². The van der Waals surface area contributed by atoms with Gasteiger partial charge >= 0.3 is 6.03 Å². The van der Waals surface area contributed by atoms with E-state index in [0.29, 0.717) is 76.7 Å². The molecule has 7 aliphatic heterocycles. The molecule has 8 heterocycles. The minimum Gasteiger partial charge on any atom is -0.504 e. The Morgan fingerprint density at radius 1 is 0.877 bits per heavy atom. The molecule has 17 nitrogen and oxygen atoms in total. The summed E-state index contributed by atoms with van der Waals surface area (Å²) >= 11 is 0. The summed E-state index contributed by atoms with van der Waals surface area (Å²) in [5.74, 6) is 0.0991. The highest BCUT2D eigenvalue weighted by Crippen LogP contribution is 2.43. The fourth-order valence-corrected chi connectivity index (χ4v) is 10.4. The van der Waals surface area contributed by atoms with Crippen molar-refractivity contribution in [3.63, 3.8) is 0 Å². The van der Waals surface area contributed by atoms with Crippen molar-refractivity contribution in [1.82, 2.24) is 25.3 Å².